The molecular weight excluding hydrogens is 292 g/mol. The smallest absolute Gasteiger partial charge is 0.303 e. The first-order valence-electron chi connectivity index (χ1n) is 6.85. The van der Waals surface area contributed by atoms with Crippen molar-refractivity contribution in [1.29, 1.82) is 0 Å². The molecule has 0 aliphatic carbocycles. The van der Waals surface area contributed by atoms with Gasteiger partial charge in [0.2, 0.25) is 0 Å². The van der Waals surface area contributed by atoms with E-state index in [0.29, 0.717) is 23.7 Å². The van der Waals surface area contributed by atoms with E-state index >= 15 is 0 Å². The van der Waals surface area contributed by atoms with Crippen LogP contribution in [0.3, 0.4) is 0 Å². The first kappa shape index (κ1) is 15.4. The van der Waals surface area contributed by atoms with Crippen molar-refractivity contribution in [3.05, 3.63) is 35.0 Å². The summed E-state index contributed by atoms with van der Waals surface area (Å²) < 4.78 is 0. The third-order valence-corrected chi connectivity index (χ3v) is 3.52. The Hall–Kier alpha value is -2.01. The van der Waals surface area contributed by atoms with E-state index in [-0.39, 0.29) is 12.3 Å². The van der Waals surface area contributed by atoms with Gasteiger partial charge in [0, 0.05) is 18.4 Å². The van der Waals surface area contributed by atoms with Crippen LogP contribution in [0.15, 0.2) is 24.3 Å². The van der Waals surface area contributed by atoms with Crippen LogP contribution in [0.5, 0.6) is 0 Å². The molecule has 6 heteroatoms. The van der Waals surface area contributed by atoms with Crippen LogP contribution in [-0.2, 0) is 4.79 Å². The molecule has 0 saturated heterocycles. The fourth-order valence-corrected chi connectivity index (χ4v) is 2.35. The fourth-order valence-electron chi connectivity index (χ4n) is 2.12. The van der Waals surface area contributed by atoms with Crippen molar-refractivity contribution in [1.82, 2.24) is 10.3 Å². The Labute approximate surface area is 127 Å². The second kappa shape index (κ2) is 7.13. The van der Waals surface area contributed by atoms with Crippen LogP contribution < -0.4 is 5.32 Å². The van der Waals surface area contributed by atoms with Crippen LogP contribution in [-0.4, -0.2) is 28.5 Å². The maximum Gasteiger partial charge on any atom is 0.303 e. The number of halogens is 1. The monoisotopic (exact) mass is 308 g/mol. The lowest BCUT2D eigenvalue weighted by atomic mass is 10.2. The molecule has 0 aliphatic heterocycles. The number of aromatic nitrogens is 1. The Bertz CT molecular complexity index is 651. The number of H-pyrrole nitrogens is 1. The molecule has 0 fully saturated rings. The highest BCUT2D eigenvalue weighted by molar-refractivity contribution is 6.35. The molecule has 2 aromatic rings. The Morgan fingerprint density at radius 3 is 2.76 bits per heavy atom. The number of carboxylic acids is 1. The quantitative estimate of drug-likeness (QED) is 0.687. The van der Waals surface area contributed by atoms with Gasteiger partial charge in [-0.3, -0.25) is 9.59 Å². The topological polar surface area (TPSA) is 82.2 Å². The molecule has 0 saturated carbocycles. The number of hydrogen-bond donors (Lipinski definition) is 3. The highest BCUT2D eigenvalue weighted by Gasteiger charge is 2.10. The first-order valence-corrected chi connectivity index (χ1v) is 7.23. The summed E-state index contributed by atoms with van der Waals surface area (Å²) in [5.41, 5.74) is 1.23. The van der Waals surface area contributed by atoms with E-state index in [1.807, 2.05) is 12.1 Å². The second-order valence-corrected chi connectivity index (χ2v) is 5.25. The van der Waals surface area contributed by atoms with E-state index in [1.165, 1.54) is 0 Å². The summed E-state index contributed by atoms with van der Waals surface area (Å²) in [7, 11) is 0. The number of rotatable bonds is 7. The van der Waals surface area contributed by atoms with Crippen LogP contribution in [0.25, 0.3) is 10.9 Å². The summed E-state index contributed by atoms with van der Waals surface area (Å²) in [5.74, 6) is -0.963. The van der Waals surface area contributed by atoms with Gasteiger partial charge in [-0.1, -0.05) is 30.2 Å². The van der Waals surface area contributed by atoms with Gasteiger partial charge in [0.15, 0.2) is 0 Å². The summed E-state index contributed by atoms with van der Waals surface area (Å²) in [6, 6.07) is 7.26. The molecule has 0 unspecified atom stereocenters. The molecule has 21 heavy (non-hydrogen) atoms. The lowest BCUT2D eigenvalue weighted by Gasteiger charge is -2.03. The minimum absolute atomic E-state index is 0.175. The molecule has 112 valence electrons. The van der Waals surface area contributed by atoms with E-state index in [1.54, 1.807) is 12.1 Å². The predicted octanol–water partition coefficient (Wildman–Crippen LogP) is 3.20. The van der Waals surface area contributed by atoms with Crippen molar-refractivity contribution >= 4 is 34.4 Å². The van der Waals surface area contributed by atoms with Crippen LogP contribution in [0.1, 0.15) is 36.2 Å². The SMILES string of the molecule is O=C(O)CCCCCNC(=O)c1cc2cccc(Cl)c2[nH]1. The third kappa shape index (κ3) is 4.23. The molecule has 1 aromatic carbocycles. The maximum absolute atomic E-state index is 12.0. The number of nitrogens with one attached hydrogen (secondary N) is 2. The van der Waals surface area contributed by atoms with Gasteiger partial charge in [0.05, 0.1) is 10.5 Å². The number of carboxylic acid groups (broad SMARTS) is 1. The van der Waals surface area contributed by atoms with Gasteiger partial charge >= 0.3 is 5.97 Å². The number of carbonyl (C=O) groups excluding carboxylic acids is 1. The lowest BCUT2D eigenvalue weighted by Crippen LogP contribution is -2.24. The summed E-state index contributed by atoms with van der Waals surface area (Å²) in [6.07, 6.45) is 2.35. The Morgan fingerprint density at radius 1 is 1.24 bits per heavy atom. The molecule has 0 aliphatic rings. The molecule has 0 bridgehead atoms. The van der Waals surface area contributed by atoms with Crippen molar-refractivity contribution in [2.24, 2.45) is 0 Å². The number of fused-ring (bicyclic) bond motifs is 1. The highest BCUT2D eigenvalue weighted by Crippen LogP contribution is 2.23. The van der Waals surface area contributed by atoms with Gasteiger partial charge < -0.3 is 15.4 Å². The standard InChI is InChI=1S/C15H17ClN2O3/c16-11-6-4-5-10-9-12(18-14(10)11)15(21)17-8-3-1-2-7-13(19)20/h4-6,9,18H,1-3,7-8H2,(H,17,21)(H,19,20). The van der Waals surface area contributed by atoms with Crippen molar-refractivity contribution < 1.29 is 14.7 Å². The number of hydrogen-bond acceptors (Lipinski definition) is 2. The number of amides is 1. The second-order valence-electron chi connectivity index (χ2n) is 4.85. The molecule has 1 aromatic heterocycles. The van der Waals surface area contributed by atoms with E-state index < -0.39 is 5.97 Å². The van der Waals surface area contributed by atoms with E-state index in [0.717, 1.165) is 23.7 Å². The van der Waals surface area contributed by atoms with E-state index in [4.69, 9.17) is 16.7 Å². The number of benzene rings is 1. The van der Waals surface area contributed by atoms with Gasteiger partial charge in [-0.05, 0) is 25.0 Å². The molecule has 5 nitrogen and oxygen atoms in total. The summed E-state index contributed by atoms with van der Waals surface area (Å²) in [5, 5.41) is 12.8. The molecule has 0 radical (unpaired) electrons. The minimum Gasteiger partial charge on any atom is -0.481 e. The molecule has 3 N–H and O–H groups in total. The highest BCUT2D eigenvalue weighted by atomic mass is 35.5. The Balaban J connectivity index is 1.82. The zero-order chi connectivity index (χ0) is 15.2. The van der Waals surface area contributed by atoms with E-state index in [2.05, 4.69) is 10.3 Å². The first-order chi connectivity index (χ1) is 10.1. The molecule has 2 rings (SSSR count). The molecular formula is C15H17ClN2O3. The van der Waals surface area contributed by atoms with Gasteiger partial charge in [-0.25, -0.2) is 0 Å². The molecule has 0 atom stereocenters. The number of para-hydroxylation sites is 1. The molecule has 0 spiro atoms. The number of aliphatic carboxylic acids is 1. The number of aromatic amines is 1. The third-order valence-electron chi connectivity index (χ3n) is 3.20. The van der Waals surface area contributed by atoms with Gasteiger partial charge in [0.25, 0.3) is 5.91 Å². The van der Waals surface area contributed by atoms with Crippen LogP contribution in [0.2, 0.25) is 5.02 Å². The van der Waals surface area contributed by atoms with Crippen molar-refractivity contribution in [2.45, 2.75) is 25.7 Å². The average molecular weight is 309 g/mol. The van der Waals surface area contributed by atoms with Crippen molar-refractivity contribution in [2.75, 3.05) is 6.54 Å². The molecule has 1 amide bonds. The zero-order valence-corrected chi connectivity index (χ0v) is 12.2. The van der Waals surface area contributed by atoms with E-state index in [9.17, 15) is 9.59 Å². The van der Waals surface area contributed by atoms with Gasteiger partial charge in [-0.2, -0.15) is 0 Å². The largest absolute Gasteiger partial charge is 0.481 e. The maximum atomic E-state index is 12.0. The van der Waals surface area contributed by atoms with Crippen molar-refractivity contribution in [3.8, 4) is 0 Å². The minimum atomic E-state index is -0.783. The Morgan fingerprint density at radius 2 is 2.05 bits per heavy atom. The van der Waals surface area contributed by atoms with Crippen LogP contribution in [0, 0.1) is 0 Å². The fraction of sp³-hybridized carbons (Fsp3) is 0.333. The lowest BCUT2D eigenvalue weighted by molar-refractivity contribution is -0.137. The molecule has 1 heterocycles. The number of carbonyl (C=O) groups is 2. The number of unbranched alkanes of at least 4 members (excludes halogenated alkanes) is 2. The van der Waals surface area contributed by atoms with Gasteiger partial charge in [0.1, 0.15) is 5.69 Å². The predicted molar refractivity (Wildman–Crippen MR) is 81.7 cm³/mol. The zero-order valence-electron chi connectivity index (χ0n) is 11.5. The van der Waals surface area contributed by atoms with Crippen LogP contribution in [0.4, 0.5) is 0 Å². The summed E-state index contributed by atoms with van der Waals surface area (Å²) in [6.45, 7) is 0.529. The van der Waals surface area contributed by atoms with Crippen LogP contribution >= 0.6 is 11.6 Å². The summed E-state index contributed by atoms with van der Waals surface area (Å²) in [4.78, 5) is 25.3. The summed E-state index contributed by atoms with van der Waals surface area (Å²) >= 11 is 6.05. The average Bonchev–Trinajstić information content (AvgIpc) is 2.87. The van der Waals surface area contributed by atoms with Crippen molar-refractivity contribution in [3.63, 3.8) is 0 Å². The van der Waals surface area contributed by atoms with Gasteiger partial charge in [-0.15, -0.1) is 0 Å². The Kier molecular flexibility index (Phi) is 5.22. The normalized spacial score (nSPS) is 10.7.